The summed E-state index contributed by atoms with van der Waals surface area (Å²) in [5.74, 6) is -0.160. The van der Waals surface area contributed by atoms with E-state index in [0.717, 1.165) is 16.4 Å². The molecule has 6 aromatic rings. The van der Waals surface area contributed by atoms with E-state index in [-0.39, 0.29) is 5.82 Å². The lowest BCUT2D eigenvalue weighted by atomic mass is 9.95. The van der Waals surface area contributed by atoms with Gasteiger partial charge < -0.3 is 4.40 Å². The molecule has 3 heteroatoms. The molecule has 3 aromatic carbocycles. The predicted molar refractivity (Wildman–Crippen MR) is 114 cm³/mol. The van der Waals surface area contributed by atoms with E-state index >= 15 is 0 Å². The van der Waals surface area contributed by atoms with Crippen LogP contribution in [0, 0.1) is 26.6 Å². The van der Waals surface area contributed by atoms with Crippen molar-refractivity contribution >= 4 is 49.0 Å². The Bertz CT molecular complexity index is 1600. The summed E-state index contributed by atoms with van der Waals surface area (Å²) in [7, 11) is 2.10. The number of hydrogen-bond donors (Lipinski definition) is 0. The highest BCUT2D eigenvalue weighted by atomic mass is 19.1. The molecule has 0 aliphatic carbocycles. The molecule has 136 valence electrons. The van der Waals surface area contributed by atoms with Gasteiger partial charge in [0.2, 0.25) is 5.52 Å². The Hall–Kier alpha value is -3.20. The van der Waals surface area contributed by atoms with Crippen LogP contribution < -0.4 is 4.57 Å². The van der Waals surface area contributed by atoms with Crippen molar-refractivity contribution in [3.63, 3.8) is 0 Å². The zero-order chi connectivity index (χ0) is 19.3. The van der Waals surface area contributed by atoms with Crippen LogP contribution in [0.1, 0.15) is 16.7 Å². The minimum absolute atomic E-state index is 0.160. The van der Waals surface area contributed by atoms with E-state index in [4.69, 9.17) is 0 Å². The Kier molecular flexibility index (Phi) is 2.82. The van der Waals surface area contributed by atoms with Crippen molar-refractivity contribution in [3.05, 3.63) is 71.2 Å². The van der Waals surface area contributed by atoms with Crippen LogP contribution in [0.2, 0.25) is 0 Å². The first kappa shape index (κ1) is 15.8. The molecule has 0 saturated heterocycles. The molecule has 2 nitrogen and oxygen atoms in total. The van der Waals surface area contributed by atoms with Gasteiger partial charge >= 0.3 is 0 Å². The lowest BCUT2D eigenvalue weighted by molar-refractivity contribution is -0.643. The Balaban J connectivity index is 2.18. The van der Waals surface area contributed by atoms with E-state index in [9.17, 15) is 4.39 Å². The third kappa shape index (κ3) is 1.66. The van der Waals surface area contributed by atoms with Crippen molar-refractivity contribution in [2.75, 3.05) is 0 Å². The lowest BCUT2D eigenvalue weighted by Crippen LogP contribution is -2.29. The number of hydrogen-bond acceptors (Lipinski definition) is 0. The summed E-state index contributed by atoms with van der Waals surface area (Å²) in [5, 5.41) is 5.35. The van der Waals surface area contributed by atoms with Gasteiger partial charge in [-0.05, 0) is 55.0 Å². The van der Waals surface area contributed by atoms with Crippen LogP contribution in [-0.2, 0) is 7.05 Å². The normalized spacial score (nSPS) is 12.5. The second-order valence-electron chi connectivity index (χ2n) is 8.03. The Morgan fingerprint density at radius 3 is 2.50 bits per heavy atom. The molecular weight excluding hydrogens is 347 g/mol. The van der Waals surface area contributed by atoms with E-state index in [0.29, 0.717) is 5.39 Å². The van der Waals surface area contributed by atoms with Gasteiger partial charge in [0.15, 0.2) is 6.20 Å². The van der Waals surface area contributed by atoms with Gasteiger partial charge in [-0.15, -0.1) is 0 Å². The molecule has 0 atom stereocenters. The number of nitrogens with zero attached hydrogens (tertiary/aromatic N) is 2. The Labute approximate surface area is 161 Å². The maximum Gasteiger partial charge on any atom is 0.224 e. The van der Waals surface area contributed by atoms with Crippen molar-refractivity contribution in [3.8, 4) is 0 Å². The molecule has 6 rings (SSSR count). The summed E-state index contributed by atoms with van der Waals surface area (Å²) < 4.78 is 19.5. The van der Waals surface area contributed by atoms with Crippen LogP contribution in [-0.4, -0.2) is 4.40 Å². The summed E-state index contributed by atoms with van der Waals surface area (Å²) in [4.78, 5) is 0. The first-order valence-corrected chi connectivity index (χ1v) is 9.64. The zero-order valence-electron chi connectivity index (χ0n) is 16.4. The standard InChI is InChI=1S/C25H20FN2/c1-13-12-14(2)23-20(15(13)3)25-21-16(10-11-27(25)4)8-9-17-22-18(26)6-5-7-19(22)28(23)24(17)21/h5-12H,1-4H3/q+1. The molecular formula is C25H20FN2+. The maximum absolute atomic E-state index is 15.0. The average Bonchev–Trinajstić information content (AvgIpc) is 3.02. The van der Waals surface area contributed by atoms with Crippen LogP contribution in [0.4, 0.5) is 4.39 Å². The lowest BCUT2D eigenvalue weighted by Gasteiger charge is -2.16. The largest absolute Gasteiger partial charge is 0.307 e. The van der Waals surface area contributed by atoms with Gasteiger partial charge in [-0.1, -0.05) is 24.3 Å². The second kappa shape index (κ2) is 4.99. The molecule has 3 aromatic heterocycles. The number of pyridine rings is 2. The predicted octanol–water partition coefficient (Wildman–Crippen LogP) is 5.88. The van der Waals surface area contributed by atoms with E-state index < -0.39 is 0 Å². The third-order valence-electron chi connectivity index (χ3n) is 6.47. The summed E-state index contributed by atoms with van der Waals surface area (Å²) >= 11 is 0. The van der Waals surface area contributed by atoms with Crippen molar-refractivity contribution in [2.24, 2.45) is 7.05 Å². The quantitative estimate of drug-likeness (QED) is 0.180. The topological polar surface area (TPSA) is 8.29 Å². The van der Waals surface area contributed by atoms with E-state index in [1.807, 2.05) is 12.1 Å². The summed E-state index contributed by atoms with van der Waals surface area (Å²) in [5.41, 5.74) is 8.23. The summed E-state index contributed by atoms with van der Waals surface area (Å²) in [6, 6.07) is 14.0. The monoisotopic (exact) mass is 367 g/mol. The SMILES string of the molecule is Cc1cc(C)c2c(c1C)c1c3c(ccc4c5c(F)cccc5n2c43)cc[n+]1C. The van der Waals surface area contributed by atoms with Crippen molar-refractivity contribution in [1.29, 1.82) is 0 Å². The summed E-state index contributed by atoms with van der Waals surface area (Å²) in [6.45, 7) is 6.53. The molecule has 28 heavy (non-hydrogen) atoms. The fraction of sp³-hybridized carbons (Fsp3) is 0.160. The zero-order valence-corrected chi connectivity index (χ0v) is 16.4. The van der Waals surface area contributed by atoms with Crippen LogP contribution in [0.15, 0.2) is 48.7 Å². The molecule has 0 amide bonds. The number of benzene rings is 3. The molecule has 0 N–H and O–H groups in total. The maximum atomic E-state index is 15.0. The van der Waals surface area contributed by atoms with E-state index in [1.54, 1.807) is 6.07 Å². The highest BCUT2D eigenvalue weighted by molar-refractivity contribution is 6.27. The molecule has 0 bridgehead atoms. The van der Waals surface area contributed by atoms with Gasteiger partial charge in [-0.3, -0.25) is 0 Å². The Morgan fingerprint density at radius 2 is 1.68 bits per heavy atom. The molecule has 0 aliphatic heterocycles. The van der Waals surface area contributed by atoms with Crippen molar-refractivity contribution in [2.45, 2.75) is 20.8 Å². The van der Waals surface area contributed by atoms with Crippen LogP contribution in [0.5, 0.6) is 0 Å². The highest BCUT2D eigenvalue weighted by Gasteiger charge is 2.25. The fourth-order valence-corrected chi connectivity index (χ4v) is 5.14. The molecule has 3 heterocycles. The van der Waals surface area contributed by atoms with Gasteiger partial charge in [-0.25, -0.2) is 8.96 Å². The van der Waals surface area contributed by atoms with Crippen LogP contribution in [0.25, 0.3) is 49.0 Å². The first-order chi connectivity index (χ1) is 13.5. The molecule has 0 unspecified atom stereocenters. The molecule has 0 spiro atoms. The molecule has 0 saturated carbocycles. The van der Waals surface area contributed by atoms with Gasteiger partial charge in [-0.2, -0.15) is 0 Å². The summed E-state index contributed by atoms with van der Waals surface area (Å²) in [6.07, 6.45) is 2.13. The molecule has 0 fully saturated rings. The van der Waals surface area contributed by atoms with Gasteiger partial charge in [0.25, 0.3) is 0 Å². The minimum atomic E-state index is -0.160. The number of fused-ring (bicyclic) bond motifs is 6. The van der Waals surface area contributed by atoms with E-state index in [1.165, 1.54) is 43.9 Å². The smallest absolute Gasteiger partial charge is 0.224 e. The van der Waals surface area contributed by atoms with E-state index in [2.05, 4.69) is 67.2 Å². The van der Waals surface area contributed by atoms with Crippen molar-refractivity contribution in [1.82, 2.24) is 4.40 Å². The first-order valence-electron chi connectivity index (χ1n) is 9.64. The van der Waals surface area contributed by atoms with Crippen LogP contribution in [0.3, 0.4) is 0 Å². The number of halogens is 1. The van der Waals surface area contributed by atoms with Gasteiger partial charge in [0.1, 0.15) is 12.9 Å². The molecule has 0 radical (unpaired) electrons. The van der Waals surface area contributed by atoms with Gasteiger partial charge in [0.05, 0.1) is 27.3 Å². The fourth-order valence-electron chi connectivity index (χ4n) is 5.14. The van der Waals surface area contributed by atoms with Gasteiger partial charge in [0, 0.05) is 16.8 Å². The minimum Gasteiger partial charge on any atom is -0.307 e. The number of aromatic nitrogens is 2. The van der Waals surface area contributed by atoms with Crippen LogP contribution >= 0.6 is 0 Å². The Morgan fingerprint density at radius 1 is 0.857 bits per heavy atom. The molecule has 0 aliphatic rings. The highest BCUT2D eigenvalue weighted by Crippen LogP contribution is 2.42. The van der Waals surface area contributed by atoms with Crippen molar-refractivity contribution < 1.29 is 8.96 Å². The number of rotatable bonds is 0. The average molecular weight is 367 g/mol. The third-order valence-corrected chi connectivity index (χ3v) is 6.47. The second-order valence-corrected chi connectivity index (χ2v) is 8.03. The number of aryl methyl sites for hydroxylation is 4.